The van der Waals surface area contributed by atoms with Gasteiger partial charge in [-0.15, -0.1) is 0 Å². The van der Waals surface area contributed by atoms with Crippen LogP contribution in [0.15, 0.2) is 24.3 Å². The predicted octanol–water partition coefficient (Wildman–Crippen LogP) is 3.63. The second kappa shape index (κ2) is 5.64. The van der Waals surface area contributed by atoms with Gasteiger partial charge in [-0.2, -0.15) is 0 Å². The van der Waals surface area contributed by atoms with E-state index < -0.39 is 0 Å². The summed E-state index contributed by atoms with van der Waals surface area (Å²) in [7, 11) is 0. The lowest BCUT2D eigenvalue weighted by molar-refractivity contribution is 0.0140. The smallest absolute Gasteiger partial charge is 0.0821 e. The molecule has 104 valence electrons. The molecule has 1 aliphatic heterocycles. The third-order valence-corrected chi connectivity index (χ3v) is 4.73. The van der Waals surface area contributed by atoms with Crippen LogP contribution < -0.4 is 0 Å². The van der Waals surface area contributed by atoms with Crippen LogP contribution in [-0.2, 0) is 11.2 Å². The number of rotatable bonds is 2. The summed E-state index contributed by atoms with van der Waals surface area (Å²) in [6.07, 6.45) is 7.20. The van der Waals surface area contributed by atoms with E-state index in [0.29, 0.717) is 18.1 Å². The molecule has 0 radical (unpaired) electrons. The number of aliphatic hydroxyl groups is 1. The van der Waals surface area contributed by atoms with Crippen molar-refractivity contribution in [1.29, 1.82) is 0 Å². The Kier molecular flexibility index (Phi) is 3.90. The first-order valence-electron chi connectivity index (χ1n) is 7.65. The Morgan fingerprint density at radius 3 is 2.84 bits per heavy atom. The Balaban J connectivity index is 1.72. The van der Waals surface area contributed by atoms with E-state index in [9.17, 15) is 5.11 Å². The monoisotopic (exact) mass is 260 g/mol. The number of hydrogen-bond donors (Lipinski definition) is 1. The van der Waals surface area contributed by atoms with Gasteiger partial charge >= 0.3 is 0 Å². The summed E-state index contributed by atoms with van der Waals surface area (Å²) in [6.45, 7) is 2.15. The first kappa shape index (κ1) is 13.1. The summed E-state index contributed by atoms with van der Waals surface area (Å²) in [6, 6.07) is 8.37. The zero-order valence-electron chi connectivity index (χ0n) is 11.7. The standard InChI is InChI=1S/C17H24O2/c1-12-9-10-15(19-12)11-14-7-4-6-13-5-2-3-8-16(13)17(14)18/h2-3,5,8,12,14-15,17-18H,4,6-7,9-11H2,1H3. The summed E-state index contributed by atoms with van der Waals surface area (Å²) in [5.74, 6) is 0.360. The van der Waals surface area contributed by atoms with Gasteiger partial charge in [0.1, 0.15) is 0 Å². The molecule has 0 aromatic heterocycles. The summed E-state index contributed by atoms with van der Waals surface area (Å²) >= 11 is 0. The highest BCUT2D eigenvalue weighted by atomic mass is 16.5. The van der Waals surface area contributed by atoms with Gasteiger partial charge in [0.05, 0.1) is 18.3 Å². The summed E-state index contributed by atoms with van der Waals surface area (Å²) in [5.41, 5.74) is 2.48. The minimum absolute atomic E-state index is 0.307. The summed E-state index contributed by atoms with van der Waals surface area (Å²) < 4.78 is 5.93. The lowest BCUT2D eigenvalue weighted by Gasteiger charge is -2.24. The Bertz CT molecular complexity index is 429. The van der Waals surface area contributed by atoms with E-state index in [0.717, 1.165) is 31.2 Å². The number of aryl methyl sites for hydroxylation is 1. The minimum atomic E-state index is -0.307. The molecule has 19 heavy (non-hydrogen) atoms. The topological polar surface area (TPSA) is 29.5 Å². The van der Waals surface area contributed by atoms with Crippen LogP contribution in [0.3, 0.4) is 0 Å². The number of fused-ring (bicyclic) bond motifs is 1. The Morgan fingerprint density at radius 2 is 2.05 bits per heavy atom. The fraction of sp³-hybridized carbons (Fsp3) is 0.647. The van der Waals surface area contributed by atoms with Crippen molar-refractivity contribution in [2.45, 2.75) is 63.8 Å². The van der Waals surface area contributed by atoms with Crippen LogP contribution in [0.4, 0.5) is 0 Å². The summed E-state index contributed by atoms with van der Waals surface area (Å²) in [4.78, 5) is 0. The zero-order chi connectivity index (χ0) is 13.2. The third kappa shape index (κ3) is 2.85. The molecular formula is C17H24O2. The maximum atomic E-state index is 10.7. The molecule has 1 heterocycles. The van der Waals surface area contributed by atoms with Crippen LogP contribution in [-0.4, -0.2) is 17.3 Å². The van der Waals surface area contributed by atoms with Gasteiger partial charge in [0.15, 0.2) is 0 Å². The van der Waals surface area contributed by atoms with Crippen molar-refractivity contribution in [2.75, 3.05) is 0 Å². The minimum Gasteiger partial charge on any atom is -0.388 e. The maximum Gasteiger partial charge on any atom is 0.0821 e. The molecule has 0 amide bonds. The molecule has 1 aromatic rings. The van der Waals surface area contributed by atoms with Crippen LogP contribution in [0.25, 0.3) is 0 Å². The van der Waals surface area contributed by atoms with Crippen molar-refractivity contribution in [3.63, 3.8) is 0 Å². The molecule has 0 bridgehead atoms. The van der Waals surface area contributed by atoms with E-state index >= 15 is 0 Å². The first-order valence-corrected chi connectivity index (χ1v) is 7.65. The predicted molar refractivity (Wildman–Crippen MR) is 76.0 cm³/mol. The molecule has 1 saturated heterocycles. The van der Waals surface area contributed by atoms with Crippen LogP contribution in [0.1, 0.15) is 56.3 Å². The highest BCUT2D eigenvalue weighted by Crippen LogP contribution is 2.37. The van der Waals surface area contributed by atoms with E-state index in [-0.39, 0.29) is 6.10 Å². The van der Waals surface area contributed by atoms with Gasteiger partial charge in [0.25, 0.3) is 0 Å². The van der Waals surface area contributed by atoms with Crippen molar-refractivity contribution >= 4 is 0 Å². The van der Waals surface area contributed by atoms with E-state index in [4.69, 9.17) is 4.74 Å². The highest BCUT2D eigenvalue weighted by Gasteiger charge is 2.31. The first-order chi connectivity index (χ1) is 9.24. The van der Waals surface area contributed by atoms with E-state index in [1.54, 1.807) is 0 Å². The lowest BCUT2D eigenvalue weighted by atomic mass is 9.88. The molecule has 0 saturated carbocycles. The van der Waals surface area contributed by atoms with Crippen LogP contribution in [0.5, 0.6) is 0 Å². The molecule has 2 nitrogen and oxygen atoms in total. The Hall–Kier alpha value is -0.860. The van der Waals surface area contributed by atoms with Crippen LogP contribution in [0, 0.1) is 5.92 Å². The quantitative estimate of drug-likeness (QED) is 0.823. The van der Waals surface area contributed by atoms with Crippen molar-refractivity contribution < 1.29 is 9.84 Å². The molecule has 0 spiro atoms. The lowest BCUT2D eigenvalue weighted by Crippen LogP contribution is -2.19. The molecular weight excluding hydrogens is 236 g/mol. The van der Waals surface area contributed by atoms with Crippen molar-refractivity contribution in [3.8, 4) is 0 Å². The largest absolute Gasteiger partial charge is 0.388 e. The van der Waals surface area contributed by atoms with E-state index in [2.05, 4.69) is 25.1 Å². The van der Waals surface area contributed by atoms with Gasteiger partial charge in [0, 0.05) is 0 Å². The van der Waals surface area contributed by atoms with Crippen LogP contribution >= 0.6 is 0 Å². The Labute approximate surface area is 115 Å². The van der Waals surface area contributed by atoms with Gasteiger partial charge in [-0.25, -0.2) is 0 Å². The zero-order valence-corrected chi connectivity index (χ0v) is 11.7. The number of benzene rings is 1. The number of aliphatic hydroxyl groups excluding tert-OH is 1. The molecule has 1 aliphatic carbocycles. The molecule has 2 aliphatic rings. The van der Waals surface area contributed by atoms with E-state index in [1.165, 1.54) is 18.4 Å². The molecule has 4 atom stereocenters. The van der Waals surface area contributed by atoms with Crippen LogP contribution in [0.2, 0.25) is 0 Å². The van der Waals surface area contributed by atoms with Gasteiger partial charge in [-0.3, -0.25) is 0 Å². The van der Waals surface area contributed by atoms with Crippen molar-refractivity contribution in [1.82, 2.24) is 0 Å². The normalized spacial score (nSPS) is 34.8. The average Bonchev–Trinajstić information content (AvgIpc) is 2.75. The molecule has 1 fully saturated rings. The SMILES string of the molecule is CC1CCC(CC2CCCc3ccccc3C2O)O1. The molecule has 2 heteroatoms. The maximum absolute atomic E-state index is 10.7. The molecule has 1 aromatic carbocycles. The number of ether oxygens (including phenoxy) is 1. The molecule has 1 N–H and O–H groups in total. The fourth-order valence-electron chi connectivity index (χ4n) is 3.66. The fourth-order valence-corrected chi connectivity index (χ4v) is 3.66. The Morgan fingerprint density at radius 1 is 1.21 bits per heavy atom. The number of hydrogen-bond acceptors (Lipinski definition) is 2. The average molecular weight is 260 g/mol. The second-order valence-corrected chi connectivity index (χ2v) is 6.18. The highest BCUT2D eigenvalue weighted by molar-refractivity contribution is 5.30. The third-order valence-electron chi connectivity index (χ3n) is 4.73. The van der Waals surface area contributed by atoms with Gasteiger partial charge in [-0.1, -0.05) is 24.3 Å². The van der Waals surface area contributed by atoms with Gasteiger partial charge in [0.2, 0.25) is 0 Å². The van der Waals surface area contributed by atoms with E-state index in [1.807, 2.05) is 6.07 Å². The second-order valence-electron chi connectivity index (χ2n) is 6.18. The van der Waals surface area contributed by atoms with Crippen molar-refractivity contribution in [2.24, 2.45) is 5.92 Å². The van der Waals surface area contributed by atoms with Crippen molar-refractivity contribution in [3.05, 3.63) is 35.4 Å². The van der Waals surface area contributed by atoms with Gasteiger partial charge < -0.3 is 9.84 Å². The molecule has 4 unspecified atom stereocenters. The van der Waals surface area contributed by atoms with Gasteiger partial charge in [-0.05, 0) is 62.5 Å². The molecule has 3 rings (SSSR count). The summed E-state index contributed by atoms with van der Waals surface area (Å²) in [5, 5.41) is 10.7.